The molecule has 0 radical (unpaired) electrons. The third-order valence-electron chi connectivity index (χ3n) is 4.64. The van der Waals surface area contributed by atoms with Gasteiger partial charge in [0.15, 0.2) is 0 Å². The third-order valence-corrected chi connectivity index (χ3v) is 4.64. The molecule has 1 N–H and O–H groups in total. The molecule has 0 amide bonds. The van der Waals surface area contributed by atoms with Crippen LogP contribution in [0.5, 0.6) is 0 Å². The first kappa shape index (κ1) is 14.4. The first-order valence-corrected chi connectivity index (χ1v) is 8.27. The molecule has 0 aliphatic carbocycles. The van der Waals surface area contributed by atoms with Crippen molar-refractivity contribution in [2.24, 2.45) is 0 Å². The molecule has 0 aromatic heterocycles. The van der Waals surface area contributed by atoms with Crippen molar-refractivity contribution in [3.63, 3.8) is 0 Å². The highest BCUT2D eigenvalue weighted by Crippen LogP contribution is 2.31. The highest BCUT2D eigenvalue weighted by Gasteiger charge is 2.25. The average Bonchev–Trinajstić information content (AvgIpc) is 2.53. The van der Waals surface area contributed by atoms with Gasteiger partial charge in [0.25, 0.3) is 0 Å². The first-order chi connectivity index (χ1) is 10.3. The topological polar surface area (TPSA) is 15.3 Å². The van der Waals surface area contributed by atoms with Crippen LogP contribution in [0, 0.1) is 0 Å². The van der Waals surface area contributed by atoms with Gasteiger partial charge in [0, 0.05) is 29.7 Å². The van der Waals surface area contributed by atoms with Crippen LogP contribution < -0.4 is 10.2 Å². The molecule has 2 unspecified atom stereocenters. The highest BCUT2D eigenvalue weighted by molar-refractivity contribution is 5.94. The fourth-order valence-corrected chi connectivity index (χ4v) is 3.52. The van der Waals surface area contributed by atoms with E-state index in [1.54, 1.807) is 0 Å². The molecule has 112 valence electrons. The Kier molecular flexibility index (Phi) is 4.45. The van der Waals surface area contributed by atoms with Crippen LogP contribution in [0.4, 0.5) is 5.69 Å². The summed E-state index contributed by atoms with van der Waals surface area (Å²) in [6, 6.07) is 16.7. The van der Waals surface area contributed by atoms with Gasteiger partial charge < -0.3 is 10.2 Å². The van der Waals surface area contributed by atoms with E-state index in [2.05, 4.69) is 66.5 Å². The predicted octanol–water partition coefficient (Wildman–Crippen LogP) is 4.20. The van der Waals surface area contributed by atoms with Crippen LogP contribution >= 0.6 is 0 Å². The van der Waals surface area contributed by atoms with Crippen molar-refractivity contribution in [3.8, 4) is 0 Å². The van der Waals surface area contributed by atoms with Crippen molar-refractivity contribution in [3.05, 3.63) is 42.5 Å². The Morgan fingerprint density at radius 1 is 1.14 bits per heavy atom. The van der Waals surface area contributed by atoms with Crippen LogP contribution in [0.1, 0.15) is 33.1 Å². The molecule has 2 aromatic rings. The number of hydrogen-bond donors (Lipinski definition) is 1. The van der Waals surface area contributed by atoms with Crippen LogP contribution in [-0.4, -0.2) is 25.2 Å². The largest absolute Gasteiger partial charge is 0.368 e. The highest BCUT2D eigenvalue weighted by atomic mass is 15.2. The molecule has 1 heterocycles. The summed E-state index contributed by atoms with van der Waals surface area (Å²) in [5, 5.41) is 6.41. The number of piperidine rings is 1. The molecule has 1 aliphatic rings. The van der Waals surface area contributed by atoms with E-state index in [9.17, 15) is 0 Å². The number of benzene rings is 2. The summed E-state index contributed by atoms with van der Waals surface area (Å²) in [5.41, 5.74) is 1.40. The van der Waals surface area contributed by atoms with Crippen molar-refractivity contribution in [1.82, 2.24) is 5.32 Å². The third kappa shape index (κ3) is 3.06. The molecule has 0 spiro atoms. The summed E-state index contributed by atoms with van der Waals surface area (Å²) in [4.78, 5) is 2.59. The molecule has 2 aromatic carbocycles. The lowest BCUT2D eigenvalue weighted by atomic mass is 9.96. The SMILES string of the molecule is CCCNC1CCN(c2cccc3ccccc23)C(C)C1. The first-order valence-electron chi connectivity index (χ1n) is 8.27. The molecule has 3 rings (SSSR count). The maximum Gasteiger partial charge on any atom is 0.0448 e. The van der Waals surface area contributed by atoms with Crippen LogP contribution in [0.2, 0.25) is 0 Å². The molecular weight excluding hydrogens is 256 g/mol. The molecule has 2 nitrogen and oxygen atoms in total. The zero-order valence-electron chi connectivity index (χ0n) is 13.2. The smallest absolute Gasteiger partial charge is 0.0448 e. The van der Waals surface area contributed by atoms with Gasteiger partial charge in [0.05, 0.1) is 0 Å². The van der Waals surface area contributed by atoms with Crippen LogP contribution in [0.25, 0.3) is 10.8 Å². The lowest BCUT2D eigenvalue weighted by Gasteiger charge is -2.40. The van der Waals surface area contributed by atoms with E-state index in [0.717, 1.165) is 13.1 Å². The summed E-state index contributed by atoms with van der Waals surface area (Å²) >= 11 is 0. The van der Waals surface area contributed by atoms with E-state index >= 15 is 0 Å². The quantitative estimate of drug-likeness (QED) is 0.904. The zero-order valence-corrected chi connectivity index (χ0v) is 13.2. The van der Waals surface area contributed by atoms with Crippen LogP contribution in [-0.2, 0) is 0 Å². The molecule has 1 saturated heterocycles. The Hall–Kier alpha value is -1.54. The Bertz CT molecular complexity index is 588. The zero-order chi connectivity index (χ0) is 14.7. The summed E-state index contributed by atoms with van der Waals surface area (Å²) in [6.07, 6.45) is 3.70. The van der Waals surface area contributed by atoms with Gasteiger partial charge in [0.1, 0.15) is 0 Å². The van der Waals surface area contributed by atoms with Crippen molar-refractivity contribution < 1.29 is 0 Å². The van der Waals surface area contributed by atoms with E-state index in [0.29, 0.717) is 12.1 Å². The summed E-state index contributed by atoms with van der Waals surface area (Å²) in [6.45, 7) is 6.89. The molecule has 2 heteroatoms. The fraction of sp³-hybridized carbons (Fsp3) is 0.474. The molecule has 2 atom stereocenters. The lowest BCUT2D eigenvalue weighted by Crippen LogP contribution is -2.47. The van der Waals surface area contributed by atoms with E-state index < -0.39 is 0 Å². The average molecular weight is 282 g/mol. The Morgan fingerprint density at radius 3 is 2.76 bits per heavy atom. The van der Waals surface area contributed by atoms with Crippen molar-refractivity contribution in [2.45, 2.75) is 45.2 Å². The number of nitrogens with zero attached hydrogens (tertiary/aromatic N) is 1. The van der Waals surface area contributed by atoms with Gasteiger partial charge in [-0.15, -0.1) is 0 Å². The lowest BCUT2D eigenvalue weighted by molar-refractivity contribution is 0.369. The minimum Gasteiger partial charge on any atom is -0.368 e. The number of anilines is 1. The van der Waals surface area contributed by atoms with Crippen LogP contribution in [0.15, 0.2) is 42.5 Å². The van der Waals surface area contributed by atoms with Crippen LogP contribution in [0.3, 0.4) is 0 Å². The minimum absolute atomic E-state index is 0.596. The fourth-order valence-electron chi connectivity index (χ4n) is 3.52. The second kappa shape index (κ2) is 6.48. The number of fused-ring (bicyclic) bond motifs is 1. The summed E-state index contributed by atoms with van der Waals surface area (Å²) in [5.74, 6) is 0. The van der Waals surface area contributed by atoms with Gasteiger partial charge in [-0.1, -0.05) is 43.3 Å². The van der Waals surface area contributed by atoms with E-state index in [1.807, 2.05) is 0 Å². The van der Waals surface area contributed by atoms with Gasteiger partial charge in [0.2, 0.25) is 0 Å². The van der Waals surface area contributed by atoms with Gasteiger partial charge in [-0.2, -0.15) is 0 Å². The minimum atomic E-state index is 0.596. The Labute approximate surface area is 128 Å². The summed E-state index contributed by atoms with van der Waals surface area (Å²) < 4.78 is 0. The standard InChI is InChI=1S/C19H26N2/c1-3-12-20-17-11-13-21(15(2)14-17)19-10-6-8-16-7-4-5-9-18(16)19/h4-10,15,17,20H,3,11-14H2,1-2H3. The van der Waals surface area contributed by atoms with Crippen molar-refractivity contribution >= 4 is 16.5 Å². The maximum absolute atomic E-state index is 3.68. The molecule has 1 aliphatic heterocycles. The van der Waals surface area contributed by atoms with Gasteiger partial charge in [-0.25, -0.2) is 0 Å². The molecule has 1 fully saturated rings. The van der Waals surface area contributed by atoms with E-state index in [4.69, 9.17) is 0 Å². The predicted molar refractivity (Wildman–Crippen MR) is 92.1 cm³/mol. The molecular formula is C19H26N2. The molecule has 21 heavy (non-hydrogen) atoms. The van der Waals surface area contributed by atoms with Gasteiger partial charge >= 0.3 is 0 Å². The molecule has 0 saturated carbocycles. The Balaban J connectivity index is 1.80. The van der Waals surface area contributed by atoms with Crippen molar-refractivity contribution in [2.75, 3.05) is 18.0 Å². The van der Waals surface area contributed by atoms with E-state index in [-0.39, 0.29) is 0 Å². The number of nitrogens with one attached hydrogen (secondary N) is 1. The number of rotatable bonds is 4. The monoisotopic (exact) mass is 282 g/mol. The second-order valence-corrected chi connectivity index (χ2v) is 6.22. The normalized spacial score (nSPS) is 22.7. The Morgan fingerprint density at radius 2 is 1.95 bits per heavy atom. The van der Waals surface area contributed by atoms with Gasteiger partial charge in [-0.3, -0.25) is 0 Å². The van der Waals surface area contributed by atoms with Crippen molar-refractivity contribution in [1.29, 1.82) is 0 Å². The second-order valence-electron chi connectivity index (χ2n) is 6.22. The van der Waals surface area contributed by atoms with Gasteiger partial charge in [-0.05, 0) is 44.2 Å². The summed E-state index contributed by atoms with van der Waals surface area (Å²) in [7, 11) is 0. The molecule has 0 bridgehead atoms. The van der Waals surface area contributed by atoms with E-state index in [1.165, 1.54) is 35.7 Å². The maximum atomic E-state index is 3.68. The number of hydrogen-bond acceptors (Lipinski definition) is 2.